The molecular weight excluding hydrogens is 282 g/mol. The molecule has 1 heterocycles. The molecule has 1 aliphatic heterocycles. The fourth-order valence-corrected chi connectivity index (χ4v) is 2.02. The molecule has 1 N–H and O–H groups in total. The van der Waals surface area contributed by atoms with Crippen LogP contribution >= 0.6 is 0 Å². The summed E-state index contributed by atoms with van der Waals surface area (Å²) in [5.41, 5.74) is 2.95. The van der Waals surface area contributed by atoms with Crippen LogP contribution in [0.5, 0.6) is 5.75 Å². The highest BCUT2D eigenvalue weighted by Gasteiger charge is 2.17. The molecule has 1 fully saturated rings. The number of nitrogens with one attached hydrogen (secondary N) is 1. The molecule has 0 saturated carbocycles. The quantitative estimate of drug-likeness (QED) is 0.655. The van der Waals surface area contributed by atoms with Gasteiger partial charge in [0.15, 0.2) is 6.61 Å². The number of hydrogen-bond acceptors (Lipinski definition) is 6. The van der Waals surface area contributed by atoms with E-state index in [-0.39, 0.29) is 18.2 Å². The van der Waals surface area contributed by atoms with E-state index in [1.54, 1.807) is 41.3 Å². The maximum absolute atomic E-state index is 11.8. The van der Waals surface area contributed by atoms with Gasteiger partial charge in [-0.15, -0.1) is 0 Å². The summed E-state index contributed by atoms with van der Waals surface area (Å²) >= 11 is 0. The van der Waals surface area contributed by atoms with E-state index in [1.165, 1.54) is 0 Å². The maximum Gasteiger partial charge on any atom is 0.260 e. The Morgan fingerprint density at radius 2 is 1.86 bits per heavy atom. The van der Waals surface area contributed by atoms with Crippen molar-refractivity contribution in [2.75, 3.05) is 25.1 Å². The topological polar surface area (TPSA) is 102 Å². The Bertz CT molecular complexity index is 617. The molecule has 7 heteroatoms. The Kier molecular flexibility index (Phi) is 5.33. The first kappa shape index (κ1) is 15.3. The summed E-state index contributed by atoms with van der Waals surface area (Å²) in [5, 5.41) is 20.8. The van der Waals surface area contributed by atoms with Gasteiger partial charge < -0.3 is 9.64 Å². The van der Waals surface area contributed by atoms with Gasteiger partial charge in [0.1, 0.15) is 17.9 Å². The van der Waals surface area contributed by atoms with Gasteiger partial charge in [0, 0.05) is 13.1 Å². The molecule has 22 heavy (non-hydrogen) atoms. The molecule has 1 amide bonds. The number of hydrogen-bond donors (Lipinski definition) is 1. The largest absolute Gasteiger partial charge is 0.484 e. The minimum Gasteiger partial charge on any atom is -0.484 e. The number of rotatable bonds is 5. The van der Waals surface area contributed by atoms with Gasteiger partial charge >= 0.3 is 0 Å². The zero-order chi connectivity index (χ0) is 15.8. The van der Waals surface area contributed by atoms with Crippen LogP contribution in [0.15, 0.2) is 29.4 Å². The van der Waals surface area contributed by atoms with Crippen LogP contribution in [-0.4, -0.2) is 36.2 Å². The van der Waals surface area contributed by atoms with E-state index in [0.717, 1.165) is 25.9 Å². The van der Waals surface area contributed by atoms with E-state index >= 15 is 0 Å². The van der Waals surface area contributed by atoms with E-state index < -0.39 is 0 Å². The van der Waals surface area contributed by atoms with Crippen LogP contribution in [0.2, 0.25) is 0 Å². The second kappa shape index (κ2) is 7.65. The average Bonchev–Trinajstić information content (AvgIpc) is 3.09. The van der Waals surface area contributed by atoms with Crippen LogP contribution in [-0.2, 0) is 4.79 Å². The first-order chi connectivity index (χ1) is 10.7. The van der Waals surface area contributed by atoms with Gasteiger partial charge in [-0.3, -0.25) is 10.2 Å². The Balaban J connectivity index is 1.84. The van der Waals surface area contributed by atoms with Crippen molar-refractivity contribution in [2.45, 2.75) is 12.8 Å². The van der Waals surface area contributed by atoms with Gasteiger partial charge in [0.05, 0.1) is 5.69 Å². The van der Waals surface area contributed by atoms with Gasteiger partial charge in [-0.1, -0.05) is 0 Å². The summed E-state index contributed by atoms with van der Waals surface area (Å²) in [7, 11) is 0. The van der Waals surface area contributed by atoms with Crippen molar-refractivity contribution in [3.05, 3.63) is 24.3 Å². The van der Waals surface area contributed by atoms with Gasteiger partial charge in [-0.05, 0) is 37.1 Å². The number of carbonyl (C=O) groups is 1. The number of benzene rings is 1. The highest BCUT2D eigenvalue weighted by atomic mass is 16.5. The van der Waals surface area contributed by atoms with E-state index in [0.29, 0.717) is 11.4 Å². The molecule has 7 nitrogen and oxygen atoms in total. The van der Waals surface area contributed by atoms with Crippen molar-refractivity contribution in [3.8, 4) is 17.9 Å². The van der Waals surface area contributed by atoms with Crippen molar-refractivity contribution in [1.82, 2.24) is 4.90 Å². The van der Waals surface area contributed by atoms with Crippen LogP contribution in [0.4, 0.5) is 5.69 Å². The van der Waals surface area contributed by atoms with Gasteiger partial charge in [0.25, 0.3) is 5.91 Å². The first-order valence-corrected chi connectivity index (χ1v) is 6.87. The molecule has 0 unspecified atom stereocenters. The Hall–Kier alpha value is -3.06. The zero-order valence-electron chi connectivity index (χ0n) is 12.0. The molecule has 0 bridgehead atoms. The van der Waals surface area contributed by atoms with E-state index in [2.05, 4.69) is 10.5 Å². The predicted molar refractivity (Wildman–Crippen MR) is 80.0 cm³/mol. The maximum atomic E-state index is 11.8. The molecule has 0 spiro atoms. The Morgan fingerprint density at radius 1 is 1.23 bits per heavy atom. The van der Waals surface area contributed by atoms with E-state index in [4.69, 9.17) is 15.3 Å². The predicted octanol–water partition coefficient (Wildman–Crippen LogP) is 1.50. The summed E-state index contributed by atoms with van der Waals surface area (Å²) in [6, 6.07) is 10.1. The molecule has 1 aromatic rings. The van der Waals surface area contributed by atoms with Gasteiger partial charge in [-0.2, -0.15) is 15.6 Å². The second-order valence-electron chi connectivity index (χ2n) is 4.70. The van der Waals surface area contributed by atoms with Crippen molar-refractivity contribution in [2.24, 2.45) is 5.10 Å². The third-order valence-electron chi connectivity index (χ3n) is 3.18. The number of amides is 1. The monoisotopic (exact) mass is 297 g/mol. The minimum absolute atomic E-state index is 0.00279. The number of nitriles is 2. The highest BCUT2D eigenvalue weighted by Crippen LogP contribution is 2.16. The average molecular weight is 297 g/mol. The normalized spacial score (nSPS) is 12.9. The third-order valence-corrected chi connectivity index (χ3v) is 3.18. The number of hydrazone groups is 1. The van der Waals surface area contributed by atoms with Crippen molar-refractivity contribution >= 4 is 17.3 Å². The molecule has 0 aliphatic carbocycles. The number of nitrogens with zero attached hydrogens (tertiary/aromatic N) is 4. The van der Waals surface area contributed by atoms with Crippen LogP contribution in [0.25, 0.3) is 0 Å². The molecule has 0 radical (unpaired) electrons. The zero-order valence-corrected chi connectivity index (χ0v) is 12.0. The van der Waals surface area contributed by atoms with Crippen molar-refractivity contribution < 1.29 is 9.53 Å². The van der Waals surface area contributed by atoms with Crippen molar-refractivity contribution in [3.63, 3.8) is 0 Å². The molecule has 2 rings (SSSR count). The lowest BCUT2D eigenvalue weighted by Gasteiger charge is -2.15. The highest BCUT2D eigenvalue weighted by molar-refractivity contribution is 6.10. The third kappa shape index (κ3) is 4.22. The van der Waals surface area contributed by atoms with Crippen LogP contribution in [0.3, 0.4) is 0 Å². The van der Waals surface area contributed by atoms with Crippen LogP contribution < -0.4 is 10.2 Å². The fourth-order valence-electron chi connectivity index (χ4n) is 2.02. The molecule has 1 saturated heterocycles. The molecular formula is C15H15N5O2. The minimum atomic E-state index is -0.253. The summed E-state index contributed by atoms with van der Waals surface area (Å²) in [6.45, 7) is 1.64. The summed E-state index contributed by atoms with van der Waals surface area (Å²) < 4.78 is 5.44. The Labute approximate surface area is 128 Å². The summed E-state index contributed by atoms with van der Waals surface area (Å²) in [4.78, 5) is 13.6. The molecule has 1 aliphatic rings. The lowest BCUT2D eigenvalue weighted by molar-refractivity contribution is -0.132. The summed E-state index contributed by atoms with van der Waals surface area (Å²) in [6.07, 6.45) is 2.11. The van der Waals surface area contributed by atoms with Crippen LogP contribution in [0, 0.1) is 22.7 Å². The number of anilines is 1. The lowest BCUT2D eigenvalue weighted by Crippen LogP contribution is -2.32. The lowest BCUT2D eigenvalue weighted by atomic mass is 10.3. The standard InChI is InChI=1S/C15H15N5O2/c16-9-13(10-17)19-18-12-3-5-14(6-4-12)22-11-15(21)20-7-1-2-8-20/h3-6,18H,1-2,7-8,11H2. The van der Waals surface area contributed by atoms with Gasteiger partial charge in [-0.25, -0.2) is 0 Å². The number of carbonyl (C=O) groups excluding carboxylic acids is 1. The molecule has 0 aromatic heterocycles. The second-order valence-corrected chi connectivity index (χ2v) is 4.70. The van der Waals surface area contributed by atoms with Crippen molar-refractivity contribution in [1.29, 1.82) is 10.5 Å². The molecule has 0 atom stereocenters. The van der Waals surface area contributed by atoms with Gasteiger partial charge in [0.2, 0.25) is 5.71 Å². The Morgan fingerprint density at radius 3 is 2.45 bits per heavy atom. The number of ether oxygens (including phenoxy) is 1. The van der Waals surface area contributed by atoms with E-state index in [1.807, 2.05) is 0 Å². The fraction of sp³-hybridized carbons (Fsp3) is 0.333. The SMILES string of the molecule is N#CC(C#N)=NNc1ccc(OCC(=O)N2CCCC2)cc1. The van der Waals surface area contributed by atoms with Crippen LogP contribution in [0.1, 0.15) is 12.8 Å². The van der Waals surface area contributed by atoms with E-state index in [9.17, 15) is 4.79 Å². The molecule has 112 valence electrons. The number of likely N-dealkylation sites (tertiary alicyclic amines) is 1. The molecule has 1 aromatic carbocycles. The summed E-state index contributed by atoms with van der Waals surface area (Å²) in [5.74, 6) is 0.569. The first-order valence-electron chi connectivity index (χ1n) is 6.87. The smallest absolute Gasteiger partial charge is 0.260 e.